The predicted octanol–water partition coefficient (Wildman–Crippen LogP) is 3.15. The highest BCUT2D eigenvalue weighted by atomic mass is 35.5. The third-order valence-corrected chi connectivity index (χ3v) is 8.74. The Bertz CT molecular complexity index is 1420. The normalized spacial score (nSPS) is 18.1. The molecule has 2 unspecified atom stereocenters. The molecule has 0 saturated carbocycles. The molecule has 262 valence electrons. The third kappa shape index (κ3) is 13.1. The van der Waals surface area contributed by atoms with Crippen LogP contribution in [0.5, 0.6) is 0 Å². The lowest BCUT2D eigenvalue weighted by molar-refractivity contribution is -0.142. The summed E-state index contributed by atoms with van der Waals surface area (Å²) in [6.07, 6.45) is 12.1. The number of hydrogen-bond acceptors (Lipinski definition) is 12. The molecular weight excluding hydrogens is 651 g/mol. The molecule has 0 aromatic carbocycles. The molecule has 0 aliphatic carbocycles. The summed E-state index contributed by atoms with van der Waals surface area (Å²) >= 11 is 12.0. The Balaban J connectivity index is 0.000000256. The molecule has 2 atom stereocenters. The zero-order valence-electron chi connectivity index (χ0n) is 27.6. The molecule has 0 bridgehead atoms. The molecule has 0 amide bonds. The second-order valence-corrected chi connectivity index (χ2v) is 12.4. The van der Waals surface area contributed by atoms with Crippen LogP contribution >= 0.6 is 23.2 Å². The van der Waals surface area contributed by atoms with Gasteiger partial charge in [0.05, 0.1) is 25.5 Å². The highest BCUT2D eigenvalue weighted by Crippen LogP contribution is 2.18. The first-order chi connectivity index (χ1) is 22.6. The molecule has 2 aromatic rings. The SMILES string of the molecule is CC(=O)OCCn1c(Cl)cnc(NCCC2CCCCN2)c1=O.CC(=O)OCCn1c(Cl)cnc(NCCC2CCCCN2C)c1=O. The number of likely N-dealkylation sites (tertiary alicyclic amines) is 1. The van der Waals surface area contributed by atoms with E-state index in [1.54, 1.807) is 0 Å². The van der Waals surface area contributed by atoms with Gasteiger partial charge in [0.15, 0.2) is 11.6 Å². The summed E-state index contributed by atoms with van der Waals surface area (Å²) in [7, 11) is 2.15. The largest absolute Gasteiger partial charge is 0.464 e. The van der Waals surface area contributed by atoms with Gasteiger partial charge in [0.1, 0.15) is 23.5 Å². The van der Waals surface area contributed by atoms with Crippen molar-refractivity contribution in [3.05, 3.63) is 43.4 Å². The molecule has 14 nitrogen and oxygen atoms in total. The second kappa shape index (κ2) is 20.2. The Kier molecular flexibility index (Phi) is 16.5. The van der Waals surface area contributed by atoms with E-state index in [9.17, 15) is 19.2 Å². The fraction of sp³-hybridized carbons (Fsp3) is 0.677. The van der Waals surface area contributed by atoms with E-state index in [4.69, 9.17) is 32.7 Å². The van der Waals surface area contributed by atoms with Crippen molar-refractivity contribution in [3.8, 4) is 0 Å². The summed E-state index contributed by atoms with van der Waals surface area (Å²) in [4.78, 5) is 56.9. The number of anilines is 2. The number of aromatic nitrogens is 4. The number of ether oxygens (including phenoxy) is 2. The monoisotopic (exact) mass is 698 g/mol. The zero-order valence-corrected chi connectivity index (χ0v) is 29.1. The number of halogens is 2. The second-order valence-electron chi connectivity index (χ2n) is 11.7. The van der Waals surface area contributed by atoms with Crippen LogP contribution < -0.4 is 27.1 Å². The van der Waals surface area contributed by atoms with Crippen molar-refractivity contribution in [3.63, 3.8) is 0 Å². The number of hydrogen-bond donors (Lipinski definition) is 3. The minimum absolute atomic E-state index is 0.102. The maximum Gasteiger partial charge on any atom is 0.302 e. The van der Waals surface area contributed by atoms with Crippen LogP contribution in [0.2, 0.25) is 10.3 Å². The van der Waals surface area contributed by atoms with Crippen molar-refractivity contribution in [2.24, 2.45) is 0 Å². The summed E-state index contributed by atoms with van der Waals surface area (Å²) < 4.78 is 12.4. The van der Waals surface area contributed by atoms with E-state index in [-0.39, 0.29) is 71.3 Å². The Labute approximate surface area is 285 Å². The number of rotatable bonds is 14. The molecule has 0 spiro atoms. The lowest BCUT2D eigenvalue weighted by atomic mass is 10.0. The van der Waals surface area contributed by atoms with E-state index in [0.29, 0.717) is 25.2 Å². The number of esters is 2. The van der Waals surface area contributed by atoms with E-state index >= 15 is 0 Å². The van der Waals surface area contributed by atoms with Crippen LogP contribution in [0.3, 0.4) is 0 Å². The molecule has 2 fully saturated rings. The number of nitrogens with one attached hydrogen (secondary N) is 3. The van der Waals surface area contributed by atoms with Crippen molar-refractivity contribution in [2.75, 3.05) is 57.1 Å². The van der Waals surface area contributed by atoms with Crippen molar-refractivity contribution in [1.29, 1.82) is 0 Å². The first-order valence-electron chi connectivity index (χ1n) is 16.3. The molecule has 0 radical (unpaired) electrons. The van der Waals surface area contributed by atoms with Crippen LogP contribution in [-0.4, -0.2) is 94.5 Å². The fourth-order valence-electron chi connectivity index (χ4n) is 5.56. The number of piperidine rings is 2. The van der Waals surface area contributed by atoms with Gasteiger partial charge in [0.2, 0.25) is 0 Å². The van der Waals surface area contributed by atoms with Gasteiger partial charge in [-0.05, 0) is 58.7 Å². The average molecular weight is 700 g/mol. The molecule has 2 aromatic heterocycles. The van der Waals surface area contributed by atoms with Crippen molar-refractivity contribution < 1.29 is 19.1 Å². The van der Waals surface area contributed by atoms with Gasteiger partial charge >= 0.3 is 11.9 Å². The van der Waals surface area contributed by atoms with E-state index in [0.717, 1.165) is 25.9 Å². The molecule has 47 heavy (non-hydrogen) atoms. The predicted molar refractivity (Wildman–Crippen MR) is 182 cm³/mol. The maximum atomic E-state index is 12.4. The first kappa shape index (κ1) is 38.2. The number of carbonyl (C=O) groups is 2. The summed E-state index contributed by atoms with van der Waals surface area (Å²) in [5, 5.41) is 10.1. The summed E-state index contributed by atoms with van der Waals surface area (Å²) in [5.41, 5.74) is -0.604. The minimum atomic E-state index is -0.387. The van der Waals surface area contributed by atoms with Crippen LogP contribution in [0, 0.1) is 0 Å². The smallest absolute Gasteiger partial charge is 0.302 e. The Morgan fingerprint density at radius 3 is 1.87 bits per heavy atom. The summed E-state index contributed by atoms with van der Waals surface area (Å²) in [6, 6.07) is 1.04. The lowest BCUT2D eigenvalue weighted by Gasteiger charge is -2.32. The van der Waals surface area contributed by atoms with E-state index in [2.05, 4.69) is 37.9 Å². The van der Waals surface area contributed by atoms with Crippen LogP contribution in [-0.2, 0) is 32.2 Å². The van der Waals surface area contributed by atoms with Crippen molar-refractivity contribution >= 4 is 46.8 Å². The van der Waals surface area contributed by atoms with Crippen molar-refractivity contribution in [2.45, 2.75) is 90.4 Å². The quantitative estimate of drug-likeness (QED) is 0.248. The Morgan fingerprint density at radius 2 is 1.38 bits per heavy atom. The molecule has 2 saturated heterocycles. The molecule has 2 aliphatic heterocycles. The number of nitrogens with zero attached hydrogens (tertiary/aromatic N) is 5. The van der Waals surface area contributed by atoms with Gasteiger partial charge in [-0.15, -0.1) is 0 Å². The highest BCUT2D eigenvalue weighted by Gasteiger charge is 2.19. The standard InChI is InChI=1S/C16H25ClN4O3.C15H23ClN4O3/c1-12(22)24-10-9-21-14(17)11-19-15(16(21)23)18-7-6-13-5-3-4-8-20(13)2;1-11(21)23-9-8-20-13(16)10-19-14(15(20)22)18-7-5-12-4-2-3-6-17-12/h11,13H,3-10H2,1-2H3,(H,18,19);10,12,17H,2-9H2,1H3,(H,18,19). The van der Waals surface area contributed by atoms with Crippen LogP contribution in [0.1, 0.15) is 65.2 Å². The van der Waals surface area contributed by atoms with E-state index in [1.165, 1.54) is 73.9 Å². The molecule has 4 heterocycles. The minimum Gasteiger partial charge on any atom is -0.464 e. The molecule has 2 aliphatic rings. The Hall–Kier alpha value is -3.20. The van der Waals surface area contributed by atoms with Gasteiger partial charge in [-0.2, -0.15) is 0 Å². The van der Waals surface area contributed by atoms with Gasteiger partial charge in [-0.1, -0.05) is 36.0 Å². The van der Waals surface area contributed by atoms with Gasteiger partial charge in [0, 0.05) is 39.0 Å². The van der Waals surface area contributed by atoms with Crippen LogP contribution in [0.25, 0.3) is 0 Å². The number of carbonyl (C=O) groups excluding carboxylic acids is 2. The maximum absolute atomic E-state index is 12.4. The average Bonchev–Trinajstić information content (AvgIpc) is 3.04. The van der Waals surface area contributed by atoms with E-state index in [1.807, 2.05) is 0 Å². The highest BCUT2D eigenvalue weighted by molar-refractivity contribution is 6.29. The van der Waals surface area contributed by atoms with Gasteiger partial charge in [-0.3, -0.25) is 28.3 Å². The summed E-state index contributed by atoms with van der Waals surface area (Å²) in [6.45, 7) is 6.82. The van der Waals surface area contributed by atoms with Gasteiger partial charge in [-0.25, -0.2) is 9.97 Å². The van der Waals surface area contributed by atoms with Crippen LogP contribution in [0.15, 0.2) is 22.0 Å². The first-order valence-corrected chi connectivity index (χ1v) is 17.0. The van der Waals surface area contributed by atoms with Gasteiger partial charge < -0.3 is 30.3 Å². The molecule has 4 rings (SSSR count). The molecule has 3 N–H and O–H groups in total. The van der Waals surface area contributed by atoms with Crippen LogP contribution in [0.4, 0.5) is 11.6 Å². The van der Waals surface area contributed by atoms with E-state index < -0.39 is 0 Å². The lowest BCUT2D eigenvalue weighted by Crippen LogP contribution is -2.37. The third-order valence-electron chi connectivity index (χ3n) is 8.14. The topological polar surface area (TPSA) is 162 Å². The fourth-order valence-corrected chi connectivity index (χ4v) is 5.98. The van der Waals surface area contributed by atoms with Gasteiger partial charge in [0.25, 0.3) is 11.1 Å². The molecule has 16 heteroatoms. The molecular formula is C31H48Cl2N8O6. The zero-order chi connectivity index (χ0) is 34.2. The summed E-state index contributed by atoms with van der Waals surface area (Å²) in [5.74, 6) is -0.224. The van der Waals surface area contributed by atoms with Crippen molar-refractivity contribution in [1.82, 2.24) is 29.3 Å². The Morgan fingerprint density at radius 1 is 0.851 bits per heavy atom.